The number of nitrogens with two attached hydrogens (primary N) is 1. The van der Waals surface area contributed by atoms with E-state index in [0.29, 0.717) is 12.5 Å². The molecule has 0 saturated carbocycles. The van der Waals surface area contributed by atoms with Crippen LogP contribution in [0, 0.1) is 20.8 Å². The van der Waals surface area contributed by atoms with Crippen molar-refractivity contribution in [3.63, 3.8) is 0 Å². The quantitative estimate of drug-likeness (QED) is 0.711. The lowest BCUT2D eigenvalue weighted by molar-refractivity contribution is 0.867. The number of hydrogen-bond donors (Lipinski definition) is 3. The zero-order valence-corrected chi connectivity index (χ0v) is 12.9. The number of anilines is 3. The normalized spacial score (nSPS) is 10.5. The molecule has 0 bridgehead atoms. The Balaban J connectivity index is 2.12. The molecule has 0 unspecified atom stereocenters. The summed E-state index contributed by atoms with van der Waals surface area (Å²) in [5.74, 6) is 1.45. The first-order chi connectivity index (χ1) is 10.1. The van der Waals surface area contributed by atoms with E-state index in [0.717, 1.165) is 30.0 Å². The standard InChI is InChI=1S/C16H23N5/c1-11-5-6-14(9-12(11)2)20-16-19-10-13(3)15(21-16)18-8-4-7-17/h5-6,9-10H,4,7-8,17H2,1-3H3,(H2,18,19,20,21). The topological polar surface area (TPSA) is 75.9 Å². The maximum Gasteiger partial charge on any atom is 0.229 e. The van der Waals surface area contributed by atoms with Crippen LogP contribution in [-0.2, 0) is 0 Å². The summed E-state index contributed by atoms with van der Waals surface area (Å²) >= 11 is 0. The van der Waals surface area contributed by atoms with Gasteiger partial charge in [-0.1, -0.05) is 6.07 Å². The third-order valence-corrected chi connectivity index (χ3v) is 3.41. The number of nitrogens with zero attached hydrogens (tertiary/aromatic N) is 2. The van der Waals surface area contributed by atoms with Crippen LogP contribution in [0.4, 0.5) is 17.5 Å². The van der Waals surface area contributed by atoms with Gasteiger partial charge < -0.3 is 16.4 Å². The van der Waals surface area contributed by atoms with Gasteiger partial charge in [-0.25, -0.2) is 4.98 Å². The molecule has 0 atom stereocenters. The van der Waals surface area contributed by atoms with Crippen molar-refractivity contribution in [2.45, 2.75) is 27.2 Å². The van der Waals surface area contributed by atoms with Gasteiger partial charge in [0.25, 0.3) is 0 Å². The Bertz CT molecular complexity index is 610. The maximum atomic E-state index is 5.50. The molecule has 0 aliphatic heterocycles. The molecule has 4 N–H and O–H groups in total. The van der Waals surface area contributed by atoms with Crippen LogP contribution in [0.3, 0.4) is 0 Å². The summed E-state index contributed by atoms with van der Waals surface area (Å²) in [6, 6.07) is 6.22. The second-order valence-corrected chi connectivity index (χ2v) is 5.22. The molecule has 0 saturated heterocycles. The Morgan fingerprint density at radius 3 is 2.62 bits per heavy atom. The third-order valence-electron chi connectivity index (χ3n) is 3.41. The Hall–Kier alpha value is -2.14. The van der Waals surface area contributed by atoms with E-state index < -0.39 is 0 Å². The first-order valence-corrected chi connectivity index (χ1v) is 7.22. The van der Waals surface area contributed by atoms with Crippen LogP contribution in [0.2, 0.25) is 0 Å². The minimum atomic E-state index is 0.596. The van der Waals surface area contributed by atoms with Gasteiger partial charge >= 0.3 is 0 Å². The Morgan fingerprint density at radius 1 is 1.10 bits per heavy atom. The van der Waals surface area contributed by atoms with E-state index >= 15 is 0 Å². The van der Waals surface area contributed by atoms with Crippen LogP contribution >= 0.6 is 0 Å². The summed E-state index contributed by atoms with van der Waals surface area (Å²) in [4.78, 5) is 8.84. The largest absolute Gasteiger partial charge is 0.370 e. The highest BCUT2D eigenvalue weighted by Gasteiger charge is 2.04. The molecule has 0 fully saturated rings. The van der Waals surface area contributed by atoms with Gasteiger partial charge in [-0.3, -0.25) is 0 Å². The van der Waals surface area contributed by atoms with E-state index in [4.69, 9.17) is 5.73 Å². The predicted octanol–water partition coefficient (Wildman–Crippen LogP) is 2.91. The minimum absolute atomic E-state index is 0.596. The van der Waals surface area contributed by atoms with Gasteiger partial charge in [0.05, 0.1) is 0 Å². The van der Waals surface area contributed by atoms with Crippen molar-refractivity contribution in [3.05, 3.63) is 41.1 Å². The second-order valence-electron chi connectivity index (χ2n) is 5.22. The zero-order valence-electron chi connectivity index (χ0n) is 12.9. The van der Waals surface area contributed by atoms with Gasteiger partial charge in [-0.05, 0) is 57.0 Å². The van der Waals surface area contributed by atoms with Crippen molar-refractivity contribution in [2.75, 3.05) is 23.7 Å². The van der Waals surface area contributed by atoms with Crippen LogP contribution in [0.5, 0.6) is 0 Å². The van der Waals surface area contributed by atoms with Gasteiger partial charge in [-0.15, -0.1) is 0 Å². The minimum Gasteiger partial charge on any atom is -0.370 e. The van der Waals surface area contributed by atoms with Crippen molar-refractivity contribution >= 4 is 17.5 Å². The lowest BCUT2D eigenvalue weighted by atomic mass is 10.1. The van der Waals surface area contributed by atoms with Gasteiger partial charge in [0.1, 0.15) is 5.82 Å². The number of aryl methyl sites for hydroxylation is 3. The fourth-order valence-electron chi connectivity index (χ4n) is 1.94. The van der Waals surface area contributed by atoms with Gasteiger partial charge in [0.2, 0.25) is 5.95 Å². The van der Waals surface area contributed by atoms with Crippen LogP contribution in [-0.4, -0.2) is 23.1 Å². The molecule has 0 aliphatic rings. The predicted molar refractivity (Wildman–Crippen MR) is 88.1 cm³/mol. The van der Waals surface area contributed by atoms with E-state index in [1.165, 1.54) is 11.1 Å². The summed E-state index contributed by atoms with van der Waals surface area (Å²) in [7, 11) is 0. The van der Waals surface area contributed by atoms with Crippen LogP contribution in [0.25, 0.3) is 0 Å². The average molecular weight is 285 g/mol. The van der Waals surface area contributed by atoms with E-state index in [-0.39, 0.29) is 0 Å². The first kappa shape index (κ1) is 15.3. The van der Waals surface area contributed by atoms with E-state index in [1.54, 1.807) is 0 Å². The van der Waals surface area contributed by atoms with Gasteiger partial charge in [0, 0.05) is 24.0 Å². The van der Waals surface area contributed by atoms with E-state index in [1.807, 2.05) is 19.2 Å². The van der Waals surface area contributed by atoms with Crippen LogP contribution < -0.4 is 16.4 Å². The highest BCUT2D eigenvalue weighted by molar-refractivity contribution is 5.57. The van der Waals surface area contributed by atoms with E-state index in [9.17, 15) is 0 Å². The molecule has 1 heterocycles. The molecule has 5 heteroatoms. The van der Waals surface area contributed by atoms with Crippen molar-refractivity contribution in [1.82, 2.24) is 9.97 Å². The highest BCUT2D eigenvalue weighted by atomic mass is 15.1. The van der Waals surface area contributed by atoms with Crippen molar-refractivity contribution in [2.24, 2.45) is 5.73 Å². The van der Waals surface area contributed by atoms with Crippen molar-refractivity contribution in [3.8, 4) is 0 Å². The van der Waals surface area contributed by atoms with Crippen LogP contribution in [0.15, 0.2) is 24.4 Å². The molecule has 2 aromatic rings. The van der Waals surface area contributed by atoms with Gasteiger partial charge in [0.15, 0.2) is 0 Å². The lowest BCUT2D eigenvalue weighted by Gasteiger charge is -2.11. The second kappa shape index (κ2) is 7.04. The average Bonchev–Trinajstić information content (AvgIpc) is 2.46. The van der Waals surface area contributed by atoms with E-state index in [2.05, 4.69) is 46.6 Å². The summed E-state index contributed by atoms with van der Waals surface area (Å²) < 4.78 is 0. The number of rotatable bonds is 6. The Kier molecular flexibility index (Phi) is 5.11. The molecule has 21 heavy (non-hydrogen) atoms. The number of nitrogens with one attached hydrogen (secondary N) is 2. The summed E-state index contributed by atoms with van der Waals surface area (Å²) in [5.41, 5.74) is 10.0. The molecule has 0 spiro atoms. The zero-order chi connectivity index (χ0) is 15.2. The maximum absolute atomic E-state index is 5.50. The summed E-state index contributed by atoms with van der Waals surface area (Å²) in [6.07, 6.45) is 2.74. The number of hydrogen-bond acceptors (Lipinski definition) is 5. The molecule has 112 valence electrons. The SMILES string of the molecule is Cc1ccc(Nc2ncc(C)c(NCCCN)n2)cc1C. The monoisotopic (exact) mass is 285 g/mol. The third kappa shape index (κ3) is 4.16. The van der Waals surface area contributed by atoms with Crippen LogP contribution in [0.1, 0.15) is 23.1 Å². The molecule has 2 rings (SSSR count). The van der Waals surface area contributed by atoms with Gasteiger partial charge in [-0.2, -0.15) is 4.98 Å². The fourth-order valence-corrected chi connectivity index (χ4v) is 1.94. The highest BCUT2D eigenvalue weighted by Crippen LogP contribution is 2.19. The first-order valence-electron chi connectivity index (χ1n) is 7.22. The molecule has 5 nitrogen and oxygen atoms in total. The molecule has 0 amide bonds. The summed E-state index contributed by atoms with van der Waals surface area (Å²) in [5, 5.41) is 6.53. The lowest BCUT2D eigenvalue weighted by Crippen LogP contribution is -2.11. The smallest absolute Gasteiger partial charge is 0.229 e. The number of aromatic nitrogens is 2. The number of benzene rings is 1. The molecule has 1 aromatic carbocycles. The molecule has 0 aliphatic carbocycles. The molecular weight excluding hydrogens is 262 g/mol. The van der Waals surface area contributed by atoms with Crippen molar-refractivity contribution < 1.29 is 0 Å². The van der Waals surface area contributed by atoms with Crippen molar-refractivity contribution in [1.29, 1.82) is 0 Å². The molecule has 1 aromatic heterocycles. The Labute approximate surface area is 126 Å². The Morgan fingerprint density at radius 2 is 1.90 bits per heavy atom. The summed E-state index contributed by atoms with van der Waals surface area (Å²) in [6.45, 7) is 7.67. The molecule has 0 radical (unpaired) electrons. The fraction of sp³-hybridized carbons (Fsp3) is 0.375. The molecular formula is C16H23N5.